The van der Waals surface area contributed by atoms with Gasteiger partial charge in [-0.25, -0.2) is 28.5 Å². The zero-order valence-corrected chi connectivity index (χ0v) is 18.9. The number of carbonyl (C=O) groups excluding carboxylic acids is 2. The van der Waals surface area contributed by atoms with Gasteiger partial charge < -0.3 is 9.47 Å². The van der Waals surface area contributed by atoms with Crippen LogP contribution in [0.5, 0.6) is 11.5 Å². The van der Waals surface area contributed by atoms with E-state index in [-0.39, 0.29) is 28.7 Å². The van der Waals surface area contributed by atoms with Crippen LogP contribution in [0.15, 0.2) is 30.6 Å². The van der Waals surface area contributed by atoms with Crippen LogP contribution in [0.4, 0.5) is 25.3 Å². The second kappa shape index (κ2) is 10.2. The SMILES string of the molecule is COc1cc(OC)c(F)c(C=Cc2cnc(NC(=O)N3CCCc4ccc(C=O)nc43)nc2)c1F. The quantitative estimate of drug-likeness (QED) is 0.528. The first-order valence-corrected chi connectivity index (χ1v) is 10.6. The molecule has 2 aromatic heterocycles. The summed E-state index contributed by atoms with van der Waals surface area (Å²) in [5, 5.41) is 2.60. The number of fused-ring (bicyclic) bond motifs is 1. The number of methoxy groups -OCH3 is 2. The second-order valence-corrected chi connectivity index (χ2v) is 7.52. The number of anilines is 2. The molecule has 0 unspecified atom stereocenters. The molecule has 0 bridgehead atoms. The van der Waals surface area contributed by atoms with Crippen molar-refractivity contribution < 1.29 is 27.8 Å². The molecule has 0 saturated heterocycles. The Hall–Kier alpha value is -4.41. The van der Waals surface area contributed by atoms with Gasteiger partial charge in [0.05, 0.1) is 19.8 Å². The molecule has 1 aromatic carbocycles. The molecular weight excluding hydrogens is 460 g/mol. The Labute approximate surface area is 199 Å². The van der Waals surface area contributed by atoms with Crippen LogP contribution in [0, 0.1) is 11.6 Å². The van der Waals surface area contributed by atoms with Crippen molar-refractivity contribution >= 4 is 36.2 Å². The van der Waals surface area contributed by atoms with E-state index in [2.05, 4.69) is 20.3 Å². The van der Waals surface area contributed by atoms with Crippen molar-refractivity contribution in [3.8, 4) is 11.5 Å². The molecule has 9 nitrogen and oxygen atoms in total. The van der Waals surface area contributed by atoms with Crippen molar-refractivity contribution in [2.45, 2.75) is 12.8 Å². The predicted octanol–water partition coefficient (Wildman–Crippen LogP) is 4.13. The summed E-state index contributed by atoms with van der Waals surface area (Å²) in [7, 11) is 2.54. The van der Waals surface area contributed by atoms with Gasteiger partial charge >= 0.3 is 6.03 Å². The number of ether oxygens (including phenoxy) is 2. The molecule has 1 N–H and O–H groups in total. The van der Waals surface area contributed by atoms with E-state index in [1.165, 1.54) is 43.7 Å². The van der Waals surface area contributed by atoms with Gasteiger partial charge in [0.2, 0.25) is 5.95 Å². The van der Waals surface area contributed by atoms with Gasteiger partial charge in [0.1, 0.15) is 11.5 Å². The molecular formula is C24H21F2N5O4. The monoisotopic (exact) mass is 481 g/mol. The highest BCUT2D eigenvalue weighted by atomic mass is 19.1. The number of amides is 2. The zero-order valence-electron chi connectivity index (χ0n) is 18.9. The number of aromatic nitrogens is 3. The number of urea groups is 1. The standard InChI is InChI=1S/C24H21F2N5O4/c1-34-18-10-19(35-2)21(26)17(20(18)25)8-5-14-11-27-23(28-12-14)30-24(33)31-9-3-4-15-6-7-16(13-32)29-22(15)31/h5-8,10-13H,3-4,9H2,1-2H3,(H,27,28,30,33). The van der Waals surface area contributed by atoms with Crippen molar-refractivity contribution in [3.05, 3.63) is 64.6 Å². The summed E-state index contributed by atoms with van der Waals surface area (Å²) in [5.41, 5.74) is 1.19. The summed E-state index contributed by atoms with van der Waals surface area (Å²) in [5.74, 6) is -1.61. The third-order valence-corrected chi connectivity index (χ3v) is 5.37. The van der Waals surface area contributed by atoms with Crippen molar-refractivity contribution in [2.24, 2.45) is 0 Å². The summed E-state index contributed by atoms with van der Waals surface area (Å²) in [6.45, 7) is 0.427. The van der Waals surface area contributed by atoms with Crippen LogP contribution in [0.2, 0.25) is 0 Å². The smallest absolute Gasteiger partial charge is 0.329 e. The van der Waals surface area contributed by atoms with Gasteiger partial charge in [-0.05, 0) is 30.5 Å². The lowest BCUT2D eigenvalue weighted by atomic mass is 10.1. The van der Waals surface area contributed by atoms with Crippen LogP contribution in [-0.2, 0) is 6.42 Å². The van der Waals surface area contributed by atoms with Gasteiger partial charge in [-0.1, -0.05) is 12.1 Å². The third kappa shape index (κ3) is 4.93. The van der Waals surface area contributed by atoms with Crippen LogP contribution in [0.25, 0.3) is 12.2 Å². The highest BCUT2D eigenvalue weighted by Gasteiger charge is 2.25. The maximum atomic E-state index is 14.5. The largest absolute Gasteiger partial charge is 0.494 e. The lowest BCUT2D eigenvalue weighted by Gasteiger charge is -2.28. The van der Waals surface area contributed by atoms with Gasteiger partial charge in [-0.2, -0.15) is 0 Å². The normalized spacial score (nSPS) is 12.9. The van der Waals surface area contributed by atoms with E-state index in [4.69, 9.17) is 9.47 Å². The lowest BCUT2D eigenvalue weighted by molar-refractivity contribution is 0.111. The molecule has 0 aliphatic carbocycles. The number of hydrogen-bond donors (Lipinski definition) is 1. The van der Waals surface area contributed by atoms with Crippen LogP contribution in [-0.4, -0.2) is 48.0 Å². The highest BCUT2D eigenvalue weighted by Crippen LogP contribution is 2.32. The maximum absolute atomic E-state index is 14.5. The number of nitrogens with zero attached hydrogens (tertiary/aromatic N) is 4. The molecule has 0 spiro atoms. The molecule has 35 heavy (non-hydrogen) atoms. The third-order valence-electron chi connectivity index (χ3n) is 5.37. The molecule has 180 valence electrons. The van der Waals surface area contributed by atoms with Gasteiger partial charge in [-0.3, -0.25) is 15.0 Å². The Balaban J connectivity index is 1.50. The first-order chi connectivity index (χ1) is 16.9. The van der Waals surface area contributed by atoms with Crippen molar-refractivity contribution in [1.82, 2.24) is 15.0 Å². The van der Waals surface area contributed by atoms with E-state index in [0.717, 1.165) is 24.5 Å². The molecule has 11 heteroatoms. The first kappa shape index (κ1) is 23.7. The Bertz CT molecular complexity index is 1270. The fraction of sp³-hybridized carbons (Fsp3) is 0.208. The Morgan fingerprint density at radius 1 is 1.09 bits per heavy atom. The number of rotatable bonds is 6. The summed E-state index contributed by atoms with van der Waals surface area (Å²) in [6.07, 6.45) is 7.53. The zero-order chi connectivity index (χ0) is 24.9. The van der Waals surface area contributed by atoms with E-state index in [1.54, 1.807) is 12.1 Å². The average molecular weight is 481 g/mol. The average Bonchev–Trinajstić information content (AvgIpc) is 2.89. The number of aldehydes is 1. The fourth-order valence-corrected chi connectivity index (χ4v) is 3.60. The molecule has 1 aliphatic rings. The molecule has 1 aliphatic heterocycles. The minimum Gasteiger partial charge on any atom is -0.494 e. The van der Waals surface area contributed by atoms with Crippen molar-refractivity contribution in [2.75, 3.05) is 31.0 Å². The van der Waals surface area contributed by atoms with Crippen molar-refractivity contribution in [1.29, 1.82) is 0 Å². The van der Waals surface area contributed by atoms with Gasteiger partial charge in [0.25, 0.3) is 0 Å². The van der Waals surface area contributed by atoms with Crippen molar-refractivity contribution in [3.63, 3.8) is 0 Å². The first-order valence-electron chi connectivity index (χ1n) is 10.6. The van der Waals surface area contributed by atoms with Crippen LogP contribution >= 0.6 is 0 Å². The predicted molar refractivity (Wildman–Crippen MR) is 125 cm³/mol. The minimum absolute atomic E-state index is 0.0335. The second-order valence-electron chi connectivity index (χ2n) is 7.52. The van der Waals surface area contributed by atoms with Gasteiger partial charge in [0.15, 0.2) is 29.4 Å². The number of nitrogens with one attached hydrogen (secondary N) is 1. The van der Waals surface area contributed by atoms with Gasteiger partial charge in [-0.15, -0.1) is 0 Å². The fourth-order valence-electron chi connectivity index (χ4n) is 3.60. The Morgan fingerprint density at radius 3 is 2.40 bits per heavy atom. The molecule has 3 heterocycles. The molecule has 2 amide bonds. The van der Waals surface area contributed by atoms with Crippen LogP contribution in [0.3, 0.4) is 0 Å². The van der Waals surface area contributed by atoms with E-state index in [1.807, 2.05) is 0 Å². The van der Waals surface area contributed by atoms with E-state index >= 15 is 0 Å². The molecule has 0 saturated carbocycles. The molecule has 0 atom stereocenters. The van der Waals surface area contributed by atoms with Crippen LogP contribution in [0.1, 0.15) is 33.6 Å². The molecule has 4 rings (SSSR count). The van der Waals surface area contributed by atoms with Gasteiger partial charge in [0, 0.05) is 30.6 Å². The minimum atomic E-state index is -0.875. The number of carbonyl (C=O) groups is 2. The molecule has 0 radical (unpaired) electrons. The summed E-state index contributed by atoms with van der Waals surface area (Å²) in [4.78, 5) is 37.8. The Kier molecular flexibility index (Phi) is 6.95. The number of halogens is 2. The number of aryl methyl sites for hydroxylation is 1. The van der Waals surface area contributed by atoms with E-state index in [0.29, 0.717) is 24.2 Å². The number of pyridine rings is 1. The summed E-state index contributed by atoms with van der Waals surface area (Å²) >= 11 is 0. The summed E-state index contributed by atoms with van der Waals surface area (Å²) in [6, 6.07) is 4.03. The summed E-state index contributed by atoms with van der Waals surface area (Å²) < 4.78 is 38.9. The number of hydrogen-bond acceptors (Lipinski definition) is 7. The maximum Gasteiger partial charge on any atom is 0.329 e. The molecule has 3 aromatic rings. The van der Waals surface area contributed by atoms with Crippen LogP contribution < -0.4 is 19.7 Å². The number of benzene rings is 1. The topological polar surface area (TPSA) is 107 Å². The lowest BCUT2D eigenvalue weighted by Crippen LogP contribution is -2.39. The highest BCUT2D eigenvalue weighted by molar-refractivity contribution is 6.01. The Morgan fingerprint density at radius 2 is 1.77 bits per heavy atom. The van der Waals surface area contributed by atoms with E-state index < -0.39 is 17.7 Å². The van der Waals surface area contributed by atoms with E-state index in [9.17, 15) is 18.4 Å². The molecule has 0 fully saturated rings.